The number of nitrogens with zero attached hydrogens (tertiary/aromatic N) is 1. The van der Waals surface area contributed by atoms with Crippen LogP contribution in [-0.4, -0.2) is 51.0 Å². The molecule has 0 bridgehead atoms. The number of carbonyl (C=O) groups excluding carboxylic acids is 3. The summed E-state index contributed by atoms with van der Waals surface area (Å²) in [6.45, 7) is 2.65. The molecule has 1 spiro atoms. The molecule has 38 heavy (non-hydrogen) atoms. The molecule has 0 saturated carbocycles. The Bertz CT molecular complexity index is 1460. The van der Waals surface area contributed by atoms with Crippen LogP contribution in [0.1, 0.15) is 28.4 Å². The summed E-state index contributed by atoms with van der Waals surface area (Å²) in [7, 11) is 0. The van der Waals surface area contributed by atoms with Gasteiger partial charge in [0.15, 0.2) is 11.5 Å². The molecule has 3 aliphatic heterocycles. The zero-order chi connectivity index (χ0) is 26.3. The van der Waals surface area contributed by atoms with Crippen molar-refractivity contribution in [2.75, 3.05) is 43.3 Å². The molecule has 3 aromatic rings. The van der Waals surface area contributed by atoms with Gasteiger partial charge in [0.2, 0.25) is 12.7 Å². The van der Waals surface area contributed by atoms with Crippen molar-refractivity contribution in [1.82, 2.24) is 5.32 Å². The van der Waals surface area contributed by atoms with E-state index in [2.05, 4.69) is 10.6 Å². The molecule has 3 amide bonds. The number of rotatable bonds is 6. The Balaban J connectivity index is 1.19. The Labute approximate surface area is 218 Å². The molecule has 0 aromatic heterocycles. The third-order valence-electron chi connectivity index (χ3n) is 6.94. The second-order valence-electron chi connectivity index (χ2n) is 9.02. The second kappa shape index (κ2) is 9.29. The van der Waals surface area contributed by atoms with Gasteiger partial charge >= 0.3 is 12.0 Å². The average molecular weight is 516 g/mol. The number of para-hydroxylation sites is 2. The van der Waals surface area contributed by atoms with Gasteiger partial charge in [0.05, 0.1) is 17.9 Å². The quantitative estimate of drug-likeness (QED) is 0.483. The van der Waals surface area contributed by atoms with E-state index < -0.39 is 17.4 Å². The Morgan fingerprint density at radius 3 is 2.58 bits per heavy atom. The zero-order valence-corrected chi connectivity index (χ0v) is 20.6. The summed E-state index contributed by atoms with van der Waals surface area (Å²) in [5.41, 5.74) is 1.94. The first kappa shape index (κ1) is 23.7. The highest BCUT2D eigenvalue weighted by Crippen LogP contribution is 2.54. The summed E-state index contributed by atoms with van der Waals surface area (Å²) in [4.78, 5) is 40.5. The number of nitrogens with one attached hydrogen (secondary N) is 2. The highest BCUT2D eigenvalue weighted by Gasteiger charge is 2.57. The van der Waals surface area contributed by atoms with Crippen molar-refractivity contribution in [2.24, 2.45) is 0 Å². The SMILES string of the molecule is CCOC(=O)c1ccccc1NC(=O)NCCN1C(=O)C2(COc3cc4c(cc32)OCO4)c2ccccc21. The average Bonchev–Trinajstić information content (AvgIpc) is 3.60. The molecule has 1 unspecified atom stereocenters. The number of ether oxygens (including phenoxy) is 4. The number of urea groups is 1. The molecule has 194 valence electrons. The molecule has 2 N–H and O–H groups in total. The minimum absolute atomic E-state index is 0.125. The highest BCUT2D eigenvalue weighted by atomic mass is 16.7. The second-order valence-corrected chi connectivity index (χ2v) is 9.02. The number of fused-ring (bicyclic) bond motifs is 5. The first-order valence-corrected chi connectivity index (χ1v) is 12.3. The Kier molecular flexibility index (Phi) is 5.79. The van der Waals surface area contributed by atoms with E-state index in [0.29, 0.717) is 22.9 Å². The van der Waals surface area contributed by atoms with Crippen molar-refractivity contribution < 1.29 is 33.3 Å². The maximum atomic E-state index is 14.0. The fourth-order valence-corrected chi connectivity index (χ4v) is 5.21. The minimum atomic E-state index is -1.01. The summed E-state index contributed by atoms with van der Waals surface area (Å²) < 4.78 is 22.1. The summed E-state index contributed by atoms with van der Waals surface area (Å²) in [6, 6.07) is 17.3. The molecule has 3 heterocycles. The van der Waals surface area contributed by atoms with Crippen LogP contribution in [0.15, 0.2) is 60.7 Å². The minimum Gasteiger partial charge on any atom is -0.491 e. The van der Waals surface area contributed by atoms with Crippen LogP contribution in [0.3, 0.4) is 0 Å². The highest BCUT2D eigenvalue weighted by molar-refractivity contribution is 6.11. The molecule has 10 heteroatoms. The maximum absolute atomic E-state index is 14.0. The van der Waals surface area contributed by atoms with E-state index in [9.17, 15) is 14.4 Å². The van der Waals surface area contributed by atoms with Gasteiger partial charge in [-0.3, -0.25) is 4.79 Å². The number of benzene rings is 3. The topological polar surface area (TPSA) is 115 Å². The summed E-state index contributed by atoms with van der Waals surface area (Å²) >= 11 is 0. The zero-order valence-electron chi connectivity index (χ0n) is 20.6. The van der Waals surface area contributed by atoms with Gasteiger partial charge in [-0.05, 0) is 36.8 Å². The van der Waals surface area contributed by atoms with Gasteiger partial charge in [0.1, 0.15) is 17.8 Å². The summed E-state index contributed by atoms with van der Waals surface area (Å²) in [5, 5.41) is 5.47. The van der Waals surface area contributed by atoms with Gasteiger partial charge in [-0.2, -0.15) is 0 Å². The fraction of sp³-hybridized carbons (Fsp3) is 0.250. The monoisotopic (exact) mass is 515 g/mol. The van der Waals surface area contributed by atoms with Crippen LogP contribution in [-0.2, 0) is 14.9 Å². The van der Waals surface area contributed by atoms with Crippen molar-refractivity contribution >= 4 is 29.3 Å². The molecule has 0 saturated heterocycles. The van der Waals surface area contributed by atoms with Crippen LogP contribution in [0.25, 0.3) is 0 Å². The summed E-state index contributed by atoms with van der Waals surface area (Å²) in [6.07, 6.45) is 0. The van der Waals surface area contributed by atoms with E-state index in [-0.39, 0.29) is 44.6 Å². The van der Waals surface area contributed by atoms with Gasteiger partial charge in [-0.1, -0.05) is 30.3 Å². The van der Waals surface area contributed by atoms with Crippen LogP contribution in [0.5, 0.6) is 17.2 Å². The van der Waals surface area contributed by atoms with Crippen molar-refractivity contribution in [3.8, 4) is 17.2 Å². The molecule has 3 aliphatic rings. The smallest absolute Gasteiger partial charge is 0.340 e. The van der Waals surface area contributed by atoms with E-state index in [4.69, 9.17) is 18.9 Å². The predicted octanol–water partition coefficient (Wildman–Crippen LogP) is 3.44. The molecule has 3 aromatic carbocycles. The number of anilines is 2. The van der Waals surface area contributed by atoms with Crippen molar-refractivity contribution in [3.05, 3.63) is 77.4 Å². The lowest BCUT2D eigenvalue weighted by molar-refractivity contribution is -0.122. The van der Waals surface area contributed by atoms with E-state index in [1.54, 1.807) is 42.2 Å². The van der Waals surface area contributed by atoms with E-state index in [1.165, 1.54) is 0 Å². The normalized spacial score (nSPS) is 18.1. The lowest BCUT2D eigenvalue weighted by Gasteiger charge is -2.23. The largest absolute Gasteiger partial charge is 0.491 e. The molecular formula is C28H25N3O7. The number of hydrogen-bond acceptors (Lipinski definition) is 7. The van der Waals surface area contributed by atoms with Crippen molar-refractivity contribution in [1.29, 1.82) is 0 Å². The standard InChI is InChI=1S/C28H25N3O7/c1-2-35-25(32)17-7-3-5-9-20(17)30-27(34)29-11-12-31-21-10-6-4-8-18(21)28(26(31)33)15-36-22-14-24-23(13-19(22)28)37-16-38-24/h3-10,13-14H,2,11-12,15-16H2,1H3,(H2,29,30,34). The summed E-state index contributed by atoms with van der Waals surface area (Å²) in [5.74, 6) is 1.12. The maximum Gasteiger partial charge on any atom is 0.340 e. The van der Waals surface area contributed by atoms with Crippen molar-refractivity contribution in [2.45, 2.75) is 12.3 Å². The van der Waals surface area contributed by atoms with Crippen molar-refractivity contribution in [3.63, 3.8) is 0 Å². The third kappa shape index (κ3) is 3.68. The van der Waals surface area contributed by atoms with Gasteiger partial charge < -0.3 is 34.5 Å². The number of esters is 1. The molecular weight excluding hydrogens is 490 g/mol. The molecule has 0 radical (unpaired) electrons. The Morgan fingerprint density at radius 1 is 0.974 bits per heavy atom. The van der Waals surface area contributed by atoms with Gasteiger partial charge in [-0.25, -0.2) is 9.59 Å². The van der Waals surface area contributed by atoms with Crippen LogP contribution in [0.4, 0.5) is 16.2 Å². The first-order valence-electron chi connectivity index (χ1n) is 12.3. The molecule has 1 atom stereocenters. The lowest BCUT2D eigenvalue weighted by atomic mass is 9.77. The number of hydrogen-bond donors (Lipinski definition) is 2. The van der Waals surface area contributed by atoms with E-state index in [0.717, 1.165) is 16.8 Å². The molecule has 6 rings (SSSR count). The molecule has 10 nitrogen and oxygen atoms in total. The lowest BCUT2D eigenvalue weighted by Crippen LogP contribution is -2.45. The van der Waals surface area contributed by atoms with Gasteiger partial charge in [0.25, 0.3) is 0 Å². The first-order chi connectivity index (χ1) is 18.5. The number of amides is 3. The Hall–Kier alpha value is -4.73. The van der Waals surface area contributed by atoms with E-state index in [1.807, 2.05) is 30.3 Å². The van der Waals surface area contributed by atoms with Crippen LogP contribution >= 0.6 is 0 Å². The Morgan fingerprint density at radius 2 is 1.74 bits per heavy atom. The van der Waals surface area contributed by atoms with Gasteiger partial charge in [-0.15, -0.1) is 0 Å². The van der Waals surface area contributed by atoms with Gasteiger partial charge in [0, 0.05) is 30.4 Å². The number of carbonyl (C=O) groups is 3. The fourth-order valence-electron chi connectivity index (χ4n) is 5.21. The van der Waals surface area contributed by atoms with Crippen LogP contribution < -0.4 is 29.7 Å². The van der Waals surface area contributed by atoms with E-state index >= 15 is 0 Å². The van der Waals surface area contributed by atoms with Crippen LogP contribution in [0, 0.1) is 0 Å². The van der Waals surface area contributed by atoms with Crippen LogP contribution in [0.2, 0.25) is 0 Å². The molecule has 0 aliphatic carbocycles. The molecule has 0 fully saturated rings. The predicted molar refractivity (Wildman–Crippen MR) is 137 cm³/mol. The third-order valence-corrected chi connectivity index (χ3v) is 6.94.